The third-order valence-corrected chi connectivity index (χ3v) is 8.24. The smallest absolute Gasteiger partial charge is 0.304 e. The van der Waals surface area contributed by atoms with E-state index in [0.717, 1.165) is 60.5 Å². The number of carbonyl (C=O) groups excluding carboxylic acids is 2. The molecule has 0 spiro atoms. The zero-order chi connectivity index (χ0) is 27.8. The van der Waals surface area contributed by atoms with Crippen LogP contribution in [0.5, 0.6) is 5.75 Å². The Hall–Kier alpha value is -2.90. The van der Waals surface area contributed by atoms with E-state index in [0.29, 0.717) is 24.9 Å². The molecule has 2 fully saturated rings. The van der Waals surface area contributed by atoms with E-state index in [4.69, 9.17) is 16.3 Å². The Bertz CT molecular complexity index is 1130. The van der Waals surface area contributed by atoms with Gasteiger partial charge < -0.3 is 9.84 Å². The van der Waals surface area contributed by atoms with E-state index >= 15 is 0 Å². The van der Waals surface area contributed by atoms with Gasteiger partial charge in [0.1, 0.15) is 12.4 Å². The molecule has 2 aliphatic rings. The maximum absolute atomic E-state index is 11.8. The number of carboxylic acid groups (broad SMARTS) is 1. The molecule has 39 heavy (non-hydrogen) atoms. The Morgan fingerprint density at radius 3 is 2.38 bits per heavy atom. The van der Waals surface area contributed by atoms with Gasteiger partial charge in [-0.2, -0.15) is 0 Å². The van der Waals surface area contributed by atoms with Crippen LogP contribution >= 0.6 is 11.6 Å². The average Bonchev–Trinajstić information content (AvgIpc) is 3.25. The van der Waals surface area contributed by atoms with Gasteiger partial charge in [-0.1, -0.05) is 42.8 Å². The molecule has 1 aliphatic carbocycles. The van der Waals surface area contributed by atoms with Crippen LogP contribution < -0.4 is 4.74 Å². The predicted molar refractivity (Wildman–Crippen MR) is 151 cm³/mol. The van der Waals surface area contributed by atoms with Crippen LogP contribution in [0.3, 0.4) is 0 Å². The number of benzene rings is 2. The first-order chi connectivity index (χ1) is 18.8. The monoisotopic (exact) mass is 554 g/mol. The normalized spacial score (nSPS) is 19.6. The van der Waals surface area contributed by atoms with Crippen molar-refractivity contribution in [3.63, 3.8) is 0 Å². The first-order valence-corrected chi connectivity index (χ1v) is 14.5. The van der Waals surface area contributed by atoms with Gasteiger partial charge in [0.15, 0.2) is 0 Å². The van der Waals surface area contributed by atoms with Crippen LogP contribution in [-0.2, 0) is 27.3 Å². The van der Waals surface area contributed by atoms with Crippen LogP contribution in [-0.4, -0.2) is 58.9 Å². The topological polar surface area (TPSA) is 87.2 Å². The maximum atomic E-state index is 11.8. The molecular weight excluding hydrogens is 516 g/mol. The first kappa shape index (κ1) is 29.1. The van der Waals surface area contributed by atoms with Gasteiger partial charge >= 0.3 is 5.97 Å². The summed E-state index contributed by atoms with van der Waals surface area (Å²) < 4.78 is 5.96. The van der Waals surface area contributed by atoms with Gasteiger partial charge in [-0.25, -0.2) is 0 Å². The quantitative estimate of drug-likeness (QED) is 0.320. The van der Waals surface area contributed by atoms with E-state index < -0.39 is 5.97 Å². The lowest BCUT2D eigenvalue weighted by Gasteiger charge is -2.33. The zero-order valence-electron chi connectivity index (χ0n) is 22.7. The molecule has 0 aromatic heterocycles. The minimum Gasteiger partial charge on any atom is -0.491 e. The molecule has 7 nitrogen and oxygen atoms in total. The number of aryl methyl sites for hydroxylation is 1. The number of likely N-dealkylation sites (tertiary alicyclic amines) is 1. The van der Waals surface area contributed by atoms with Crippen molar-refractivity contribution in [3.8, 4) is 5.75 Å². The molecule has 210 valence electrons. The van der Waals surface area contributed by atoms with Gasteiger partial charge in [-0.05, 0) is 78.8 Å². The van der Waals surface area contributed by atoms with Gasteiger partial charge in [0.25, 0.3) is 0 Å². The highest BCUT2D eigenvalue weighted by Crippen LogP contribution is 2.36. The minimum atomic E-state index is -0.778. The lowest BCUT2D eigenvalue weighted by atomic mass is 9.78. The summed E-state index contributed by atoms with van der Waals surface area (Å²) in [5.41, 5.74) is 3.55. The molecule has 1 heterocycles. The number of hydrogen-bond acceptors (Lipinski definition) is 5. The van der Waals surface area contributed by atoms with Crippen molar-refractivity contribution in [2.45, 2.75) is 70.8 Å². The Balaban J connectivity index is 1.33. The fraction of sp³-hybridized carbons (Fsp3) is 0.516. The highest BCUT2D eigenvalue weighted by Gasteiger charge is 2.28. The fourth-order valence-electron chi connectivity index (χ4n) is 5.79. The Labute approximate surface area is 236 Å². The number of carbonyl (C=O) groups is 3. The summed E-state index contributed by atoms with van der Waals surface area (Å²) in [5.74, 6) is 0.834. The number of rotatable bonds is 13. The first-order valence-electron chi connectivity index (χ1n) is 14.1. The highest BCUT2D eigenvalue weighted by atomic mass is 35.5. The van der Waals surface area contributed by atoms with Crippen molar-refractivity contribution < 1.29 is 24.2 Å². The molecule has 4 rings (SSSR count). The number of hydrogen-bond donors (Lipinski definition) is 1. The summed E-state index contributed by atoms with van der Waals surface area (Å²) in [4.78, 5) is 38.6. The van der Waals surface area contributed by atoms with E-state index in [1.54, 1.807) is 0 Å². The van der Waals surface area contributed by atoms with Crippen LogP contribution in [0.1, 0.15) is 74.5 Å². The number of amides is 2. The van der Waals surface area contributed by atoms with Crippen molar-refractivity contribution >= 4 is 29.4 Å². The molecule has 2 amide bonds. The molecule has 0 bridgehead atoms. The maximum Gasteiger partial charge on any atom is 0.304 e. The average molecular weight is 555 g/mol. The second kappa shape index (κ2) is 13.9. The fourth-order valence-corrected chi connectivity index (χ4v) is 5.92. The molecule has 2 aromatic carbocycles. The van der Waals surface area contributed by atoms with E-state index in [9.17, 15) is 19.5 Å². The Morgan fingerprint density at radius 1 is 1.05 bits per heavy atom. The zero-order valence-corrected chi connectivity index (χ0v) is 23.5. The van der Waals surface area contributed by atoms with Crippen molar-refractivity contribution in [2.75, 3.05) is 26.2 Å². The van der Waals surface area contributed by atoms with Crippen LogP contribution in [0.25, 0.3) is 0 Å². The molecule has 1 saturated carbocycles. The molecule has 0 radical (unpaired) electrons. The Kier molecular flexibility index (Phi) is 10.4. The van der Waals surface area contributed by atoms with Gasteiger partial charge in [0, 0.05) is 37.5 Å². The highest BCUT2D eigenvalue weighted by molar-refractivity contribution is 6.30. The van der Waals surface area contributed by atoms with Crippen LogP contribution in [0.15, 0.2) is 42.5 Å². The number of aliphatic carboxylic acids is 1. The predicted octanol–water partition coefficient (Wildman–Crippen LogP) is 5.68. The molecule has 0 atom stereocenters. The number of carboxylic acids is 1. The van der Waals surface area contributed by atoms with Gasteiger partial charge in [0.2, 0.25) is 11.8 Å². The van der Waals surface area contributed by atoms with E-state index in [1.807, 2.05) is 24.3 Å². The molecule has 8 heteroatoms. The minimum absolute atomic E-state index is 0.121. The molecular formula is C31H39ClN2O5. The lowest BCUT2D eigenvalue weighted by molar-refractivity contribution is -0.139. The molecule has 2 aromatic rings. The summed E-state index contributed by atoms with van der Waals surface area (Å²) in [5, 5.41) is 10.1. The Morgan fingerprint density at radius 2 is 1.74 bits per heavy atom. The molecule has 1 N–H and O–H groups in total. The summed E-state index contributed by atoms with van der Waals surface area (Å²) in [6, 6.07) is 14.3. The largest absolute Gasteiger partial charge is 0.491 e. The second-order valence-electron chi connectivity index (χ2n) is 10.7. The van der Waals surface area contributed by atoms with Gasteiger partial charge in [-0.3, -0.25) is 24.2 Å². The van der Waals surface area contributed by atoms with Crippen LogP contribution in [0, 0.1) is 5.92 Å². The molecule has 0 unspecified atom stereocenters. The van der Waals surface area contributed by atoms with Crippen LogP contribution in [0.4, 0.5) is 0 Å². The standard InChI is InChI=1S/C31H39ClN2O5/c1-2-24-19-23(5-12-28(24)39-18-17-34-29(35)13-14-30(34)36)21-33(16-15-31(37)38)20-22-3-6-25(7-4-22)26-8-10-27(32)11-9-26/h5,8-12,19,22,25H,2-4,6-7,13-18,20-21H2,1H3,(H,37,38). The summed E-state index contributed by atoms with van der Waals surface area (Å²) in [7, 11) is 0. The summed E-state index contributed by atoms with van der Waals surface area (Å²) in [6.07, 6.45) is 6.02. The van der Waals surface area contributed by atoms with Crippen molar-refractivity contribution in [2.24, 2.45) is 5.92 Å². The lowest BCUT2D eigenvalue weighted by Crippen LogP contribution is -2.33. The number of nitrogens with zero attached hydrogens (tertiary/aromatic N) is 2. The second-order valence-corrected chi connectivity index (χ2v) is 11.2. The van der Waals surface area contributed by atoms with Crippen molar-refractivity contribution in [3.05, 3.63) is 64.2 Å². The number of halogens is 1. The van der Waals surface area contributed by atoms with E-state index in [2.05, 4.69) is 30.0 Å². The van der Waals surface area contributed by atoms with Gasteiger partial charge in [-0.15, -0.1) is 0 Å². The van der Waals surface area contributed by atoms with Crippen molar-refractivity contribution in [1.82, 2.24) is 9.80 Å². The van der Waals surface area contributed by atoms with Crippen LogP contribution in [0.2, 0.25) is 5.02 Å². The van der Waals surface area contributed by atoms with E-state index in [1.165, 1.54) is 10.5 Å². The number of imide groups is 1. The number of ether oxygens (including phenoxy) is 1. The molecule has 1 aliphatic heterocycles. The SMILES string of the molecule is CCc1cc(CN(CCC(=O)O)CC2CCC(c3ccc(Cl)cc3)CC2)ccc1OCCN1C(=O)CCC1=O. The summed E-state index contributed by atoms with van der Waals surface area (Å²) >= 11 is 6.06. The van der Waals surface area contributed by atoms with Gasteiger partial charge in [0.05, 0.1) is 13.0 Å². The molecule has 1 saturated heterocycles. The third-order valence-electron chi connectivity index (χ3n) is 7.99. The van der Waals surface area contributed by atoms with E-state index in [-0.39, 0.29) is 44.2 Å². The van der Waals surface area contributed by atoms with Crippen molar-refractivity contribution in [1.29, 1.82) is 0 Å². The summed E-state index contributed by atoms with van der Waals surface area (Å²) in [6.45, 7) is 4.70. The third kappa shape index (κ3) is 8.29.